The lowest BCUT2D eigenvalue weighted by Crippen LogP contribution is -2.03. The second-order valence-corrected chi connectivity index (χ2v) is 4.80. The van der Waals surface area contributed by atoms with Gasteiger partial charge in [0.1, 0.15) is 0 Å². The van der Waals surface area contributed by atoms with Crippen LogP contribution in [0.2, 0.25) is 0 Å². The molecule has 0 saturated heterocycles. The van der Waals surface area contributed by atoms with Gasteiger partial charge in [-0.2, -0.15) is 0 Å². The molecule has 0 unspecified atom stereocenters. The van der Waals surface area contributed by atoms with Crippen molar-refractivity contribution < 1.29 is 14.6 Å². The zero-order valence-electron chi connectivity index (χ0n) is 13.0. The summed E-state index contributed by atoms with van der Waals surface area (Å²) in [5.41, 5.74) is 3.26. The molecule has 3 nitrogen and oxygen atoms in total. The van der Waals surface area contributed by atoms with Gasteiger partial charge in [-0.25, -0.2) is 4.79 Å². The average molecular weight is 306 g/mol. The summed E-state index contributed by atoms with van der Waals surface area (Å²) < 4.78 is 4.93. The number of aliphatic hydroxyl groups excluding tert-OH is 1. The monoisotopic (exact) mass is 306 g/mol. The van der Waals surface area contributed by atoms with Crippen molar-refractivity contribution >= 4 is 12.0 Å². The molecular formula is C20H18O3. The summed E-state index contributed by atoms with van der Waals surface area (Å²) in [6.07, 6.45) is 3.67. The van der Waals surface area contributed by atoms with E-state index in [-0.39, 0.29) is 12.6 Å². The molecule has 0 radical (unpaired) electrons. The number of esters is 1. The summed E-state index contributed by atoms with van der Waals surface area (Å²) >= 11 is 0. The predicted molar refractivity (Wildman–Crippen MR) is 90.7 cm³/mol. The molecule has 0 amide bonds. The first-order valence-electron chi connectivity index (χ1n) is 7.38. The van der Waals surface area contributed by atoms with E-state index in [4.69, 9.17) is 9.84 Å². The second kappa shape index (κ2) is 8.57. The summed E-state index contributed by atoms with van der Waals surface area (Å²) in [4.78, 5) is 11.5. The third kappa shape index (κ3) is 5.14. The number of carbonyl (C=O) groups is 1. The molecule has 0 aliphatic carbocycles. The van der Waals surface area contributed by atoms with E-state index in [1.165, 1.54) is 0 Å². The van der Waals surface area contributed by atoms with E-state index in [9.17, 15) is 4.79 Å². The normalized spacial score (nSPS) is 10.2. The van der Waals surface area contributed by atoms with Crippen LogP contribution in [0.1, 0.15) is 34.0 Å². The largest absolute Gasteiger partial charge is 0.462 e. The number of allylic oxidation sites excluding steroid dienone is 1. The van der Waals surface area contributed by atoms with E-state index in [2.05, 4.69) is 11.8 Å². The van der Waals surface area contributed by atoms with Crippen LogP contribution >= 0.6 is 0 Å². The molecule has 0 heterocycles. The molecule has 0 aromatic heterocycles. The van der Waals surface area contributed by atoms with E-state index >= 15 is 0 Å². The van der Waals surface area contributed by atoms with Crippen molar-refractivity contribution in [3.8, 4) is 11.8 Å². The summed E-state index contributed by atoms with van der Waals surface area (Å²) in [5, 5.41) is 8.98. The maximum Gasteiger partial charge on any atom is 0.338 e. The van der Waals surface area contributed by atoms with Gasteiger partial charge in [0, 0.05) is 5.56 Å². The molecule has 2 aromatic carbocycles. The highest BCUT2D eigenvalue weighted by Crippen LogP contribution is 2.07. The first kappa shape index (κ1) is 16.5. The minimum atomic E-state index is -0.321. The Kier molecular flexibility index (Phi) is 6.17. The molecule has 2 aromatic rings. The molecule has 23 heavy (non-hydrogen) atoms. The summed E-state index contributed by atoms with van der Waals surface area (Å²) in [7, 11) is 0. The second-order valence-electron chi connectivity index (χ2n) is 4.80. The first-order chi connectivity index (χ1) is 11.2. The summed E-state index contributed by atoms with van der Waals surface area (Å²) in [6, 6.07) is 14.6. The van der Waals surface area contributed by atoms with E-state index in [1.54, 1.807) is 37.3 Å². The quantitative estimate of drug-likeness (QED) is 0.695. The predicted octanol–water partition coefficient (Wildman–Crippen LogP) is 3.42. The molecule has 1 N–H and O–H groups in total. The van der Waals surface area contributed by atoms with Crippen molar-refractivity contribution in [3.63, 3.8) is 0 Å². The van der Waals surface area contributed by atoms with Crippen LogP contribution in [0, 0.1) is 11.8 Å². The lowest BCUT2D eigenvalue weighted by atomic mass is 10.1. The van der Waals surface area contributed by atoms with Crippen molar-refractivity contribution in [2.45, 2.75) is 13.5 Å². The SMILES string of the molecule is CCOC(=O)c1ccc(C#C/C=C\c2ccc(CO)cc2)cc1. The number of hydrogen-bond donors (Lipinski definition) is 1. The molecule has 0 fully saturated rings. The lowest BCUT2D eigenvalue weighted by Gasteiger charge is -2.00. The van der Waals surface area contributed by atoms with Gasteiger partial charge in [-0.15, -0.1) is 0 Å². The Morgan fingerprint density at radius 1 is 1.13 bits per heavy atom. The number of benzene rings is 2. The molecule has 116 valence electrons. The van der Waals surface area contributed by atoms with E-state index < -0.39 is 0 Å². The number of aliphatic hydroxyl groups is 1. The highest BCUT2D eigenvalue weighted by molar-refractivity contribution is 5.89. The van der Waals surface area contributed by atoms with Gasteiger partial charge in [-0.3, -0.25) is 0 Å². The van der Waals surface area contributed by atoms with Crippen LogP contribution in [0.25, 0.3) is 6.08 Å². The zero-order chi connectivity index (χ0) is 16.5. The maximum atomic E-state index is 11.5. The molecule has 0 atom stereocenters. The van der Waals surface area contributed by atoms with Crippen LogP contribution in [0.3, 0.4) is 0 Å². The Bertz CT molecular complexity index is 729. The van der Waals surface area contributed by atoms with Gasteiger partial charge < -0.3 is 9.84 Å². The highest BCUT2D eigenvalue weighted by Gasteiger charge is 2.04. The number of rotatable bonds is 4. The number of carbonyl (C=O) groups excluding carboxylic acids is 1. The zero-order valence-corrected chi connectivity index (χ0v) is 13.0. The van der Waals surface area contributed by atoms with Crippen molar-refractivity contribution in [1.29, 1.82) is 0 Å². The van der Waals surface area contributed by atoms with Crippen molar-refractivity contribution in [2.24, 2.45) is 0 Å². The van der Waals surface area contributed by atoms with Crippen LogP contribution in [-0.4, -0.2) is 17.7 Å². The summed E-state index contributed by atoms with van der Waals surface area (Å²) in [6.45, 7) is 2.19. The standard InChI is InChI=1S/C20H18O3/c1-2-23-20(22)19-13-11-17(12-14-19)6-4-3-5-16-7-9-18(15-21)10-8-16/h3,5,7-14,21H,2,15H2,1H3/b5-3-. The van der Waals surface area contributed by atoms with Gasteiger partial charge in [-0.1, -0.05) is 36.1 Å². The fraction of sp³-hybridized carbons (Fsp3) is 0.150. The summed E-state index contributed by atoms with van der Waals surface area (Å²) in [5.74, 6) is 5.64. The topological polar surface area (TPSA) is 46.5 Å². The highest BCUT2D eigenvalue weighted by atomic mass is 16.5. The molecule has 0 aliphatic heterocycles. The average Bonchev–Trinajstić information content (AvgIpc) is 2.60. The van der Waals surface area contributed by atoms with E-state index in [1.807, 2.05) is 30.3 Å². The third-order valence-corrected chi connectivity index (χ3v) is 3.13. The Hall–Kier alpha value is -2.83. The Morgan fingerprint density at radius 3 is 2.43 bits per heavy atom. The van der Waals surface area contributed by atoms with Crippen LogP contribution in [0.5, 0.6) is 0 Å². The Morgan fingerprint density at radius 2 is 1.83 bits per heavy atom. The fourth-order valence-corrected chi connectivity index (χ4v) is 1.90. The van der Waals surface area contributed by atoms with Gasteiger partial charge in [-0.05, 0) is 54.5 Å². The Labute approximate surface area is 136 Å². The van der Waals surface area contributed by atoms with Gasteiger partial charge in [0.05, 0.1) is 18.8 Å². The van der Waals surface area contributed by atoms with E-state index in [0.29, 0.717) is 12.2 Å². The fourth-order valence-electron chi connectivity index (χ4n) is 1.90. The minimum absolute atomic E-state index is 0.0472. The van der Waals surface area contributed by atoms with Crippen LogP contribution in [0.15, 0.2) is 54.6 Å². The molecule has 0 bridgehead atoms. The Balaban J connectivity index is 1.98. The molecule has 0 spiro atoms. The molecule has 3 heteroatoms. The van der Waals surface area contributed by atoms with Crippen molar-refractivity contribution in [1.82, 2.24) is 0 Å². The van der Waals surface area contributed by atoms with Gasteiger partial charge in [0.25, 0.3) is 0 Å². The first-order valence-corrected chi connectivity index (χ1v) is 7.38. The van der Waals surface area contributed by atoms with Gasteiger partial charge in [0.2, 0.25) is 0 Å². The van der Waals surface area contributed by atoms with Gasteiger partial charge in [0.15, 0.2) is 0 Å². The van der Waals surface area contributed by atoms with Gasteiger partial charge >= 0.3 is 5.97 Å². The molecular weight excluding hydrogens is 288 g/mol. The lowest BCUT2D eigenvalue weighted by molar-refractivity contribution is 0.0526. The number of hydrogen-bond acceptors (Lipinski definition) is 3. The maximum absolute atomic E-state index is 11.5. The van der Waals surface area contributed by atoms with Crippen LogP contribution in [0.4, 0.5) is 0 Å². The smallest absolute Gasteiger partial charge is 0.338 e. The molecule has 0 aliphatic rings. The van der Waals surface area contributed by atoms with Crippen LogP contribution < -0.4 is 0 Å². The van der Waals surface area contributed by atoms with E-state index in [0.717, 1.165) is 16.7 Å². The van der Waals surface area contributed by atoms with Crippen LogP contribution in [-0.2, 0) is 11.3 Å². The van der Waals surface area contributed by atoms with Crippen molar-refractivity contribution in [3.05, 3.63) is 76.9 Å². The molecule has 2 rings (SSSR count). The number of ether oxygens (including phenoxy) is 1. The van der Waals surface area contributed by atoms with Crippen molar-refractivity contribution in [2.75, 3.05) is 6.61 Å². The third-order valence-electron chi connectivity index (χ3n) is 3.13. The molecule has 0 saturated carbocycles. The minimum Gasteiger partial charge on any atom is -0.462 e.